The Morgan fingerprint density at radius 2 is 1.61 bits per heavy atom. The average Bonchev–Trinajstić information content (AvgIpc) is 3.08. The van der Waals surface area contributed by atoms with Crippen molar-refractivity contribution >= 4 is 57.5 Å². The van der Waals surface area contributed by atoms with Crippen LogP contribution in [0.3, 0.4) is 0 Å². The molecule has 3 aromatic carbocycles. The molecule has 1 aliphatic heterocycles. The molecule has 0 spiro atoms. The van der Waals surface area contributed by atoms with E-state index in [4.69, 9.17) is 9.47 Å². The van der Waals surface area contributed by atoms with Crippen LogP contribution in [0.4, 0.5) is 4.79 Å². The van der Waals surface area contributed by atoms with E-state index in [0.717, 1.165) is 20.9 Å². The van der Waals surface area contributed by atoms with Crippen molar-refractivity contribution in [3.63, 3.8) is 0 Å². The lowest BCUT2D eigenvalue weighted by Crippen LogP contribution is -2.32. The van der Waals surface area contributed by atoms with Gasteiger partial charge in [-0.2, -0.15) is 0 Å². The number of nitrogens with zero attached hydrogens (tertiary/aromatic N) is 1. The van der Waals surface area contributed by atoms with Crippen molar-refractivity contribution in [3.8, 4) is 11.5 Å². The second-order valence-corrected chi connectivity index (χ2v) is 9.09. The summed E-state index contributed by atoms with van der Waals surface area (Å²) in [5.41, 5.74) is 1.21. The van der Waals surface area contributed by atoms with E-state index in [-0.39, 0.29) is 24.3 Å². The molecule has 1 fully saturated rings. The van der Waals surface area contributed by atoms with Gasteiger partial charge < -0.3 is 9.47 Å². The minimum atomic E-state index is -0.438. The zero-order valence-corrected chi connectivity index (χ0v) is 20.2. The Morgan fingerprint density at radius 1 is 0.909 bits per heavy atom. The fourth-order valence-corrected chi connectivity index (χ4v) is 4.51. The Balaban J connectivity index is 1.36. The number of amides is 2. The van der Waals surface area contributed by atoms with Crippen LogP contribution in [-0.4, -0.2) is 35.2 Å². The monoisotopic (exact) mass is 571 g/mol. The summed E-state index contributed by atoms with van der Waals surface area (Å²) in [6.07, 6.45) is 1.65. The van der Waals surface area contributed by atoms with Crippen LogP contribution in [0.1, 0.15) is 15.9 Å². The van der Waals surface area contributed by atoms with Crippen LogP contribution in [0, 0.1) is 3.57 Å². The Hall–Kier alpha value is -3.11. The number of halogens is 1. The second-order valence-electron chi connectivity index (χ2n) is 6.93. The lowest BCUT2D eigenvalue weighted by Gasteiger charge is -2.13. The molecule has 1 saturated heterocycles. The predicted molar refractivity (Wildman–Crippen MR) is 135 cm³/mol. The molecule has 166 valence electrons. The van der Waals surface area contributed by atoms with Gasteiger partial charge in [-0.3, -0.25) is 14.5 Å². The summed E-state index contributed by atoms with van der Waals surface area (Å²) in [7, 11) is 0. The molecule has 8 heteroatoms. The second kappa shape index (κ2) is 10.7. The number of esters is 1. The highest BCUT2D eigenvalue weighted by molar-refractivity contribution is 14.1. The van der Waals surface area contributed by atoms with E-state index in [0.29, 0.717) is 22.0 Å². The van der Waals surface area contributed by atoms with Gasteiger partial charge in [0, 0.05) is 3.57 Å². The maximum Gasteiger partial charge on any atom is 0.344 e. The molecule has 1 heterocycles. The first-order valence-electron chi connectivity index (χ1n) is 10.0. The number of hydrogen-bond acceptors (Lipinski definition) is 6. The highest BCUT2D eigenvalue weighted by atomic mass is 127. The van der Waals surface area contributed by atoms with Gasteiger partial charge in [-0.15, -0.1) is 0 Å². The zero-order valence-electron chi connectivity index (χ0n) is 17.3. The molecule has 0 aliphatic carbocycles. The molecule has 0 bridgehead atoms. The Bertz CT molecular complexity index is 1210. The van der Waals surface area contributed by atoms with Gasteiger partial charge in [0.25, 0.3) is 11.1 Å². The first kappa shape index (κ1) is 23.1. The van der Waals surface area contributed by atoms with E-state index >= 15 is 0 Å². The van der Waals surface area contributed by atoms with Crippen molar-refractivity contribution < 1.29 is 23.9 Å². The van der Waals surface area contributed by atoms with Gasteiger partial charge in [0.05, 0.1) is 17.0 Å². The van der Waals surface area contributed by atoms with Gasteiger partial charge in [0.15, 0.2) is 0 Å². The van der Waals surface area contributed by atoms with Crippen molar-refractivity contribution in [2.24, 2.45) is 0 Å². The van der Waals surface area contributed by atoms with Crippen LogP contribution in [0.2, 0.25) is 0 Å². The standard InChI is InChI=1S/C25H18INO5S/c26-21-9-5-4-8-20(21)24(29)32-19-12-10-17(11-13-19)16-22-23(28)27(25(30)33-22)14-15-31-18-6-2-1-3-7-18/h1-13,16H,14-15H2/b22-16-. The smallest absolute Gasteiger partial charge is 0.344 e. The highest BCUT2D eigenvalue weighted by Crippen LogP contribution is 2.32. The number of para-hydroxylation sites is 1. The molecule has 3 aromatic rings. The fourth-order valence-electron chi connectivity index (χ4n) is 3.04. The topological polar surface area (TPSA) is 72.9 Å². The molecule has 0 radical (unpaired) electrons. The first-order valence-corrected chi connectivity index (χ1v) is 11.9. The van der Waals surface area contributed by atoms with E-state index < -0.39 is 5.97 Å². The number of rotatable bonds is 7. The lowest BCUT2D eigenvalue weighted by molar-refractivity contribution is -0.123. The van der Waals surface area contributed by atoms with Crippen LogP contribution in [-0.2, 0) is 4.79 Å². The summed E-state index contributed by atoms with van der Waals surface area (Å²) >= 11 is 2.98. The Kier molecular flexibility index (Phi) is 7.46. The van der Waals surface area contributed by atoms with Gasteiger partial charge in [0.2, 0.25) is 0 Å². The molecule has 6 nitrogen and oxygen atoms in total. The normalized spacial score (nSPS) is 14.6. The summed E-state index contributed by atoms with van der Waals surface area (Å²) in [6.45, 7) is 0.389. The van der Waals surface area contributed by atoms with E-state index in [1.54, 1.807) is 42.5 Å². The van der Waals surface area contributed by atoms with Crippen LogP contribution in [0.15, 0.2) is 83.8 Å². The van der Waals surface area contributed by atoms with Crippen LogP contribution < -0.4 is 9.47 Å². The molecule has 0 unspecified atom stereocenters. The SMILES string of the molecule is O=C(Oc1ccc(/C=C2\SC(=O)N(CCOc3ccccc3)C2=O)cc1)c1ccccc1I. The molecule has 0 aromatic heterocycles. The summed E-state index contributed by atoms with van der Waals surface area (Å²) in [5.74, 6) is 0.285. The van der Waals surface area contributed by atoms with E-state index in [1.807, 2.05) is 42.5 Å². The third-order valence-corrected chi connectivity index (χ3v) is 6.53. The highest BCUT2D eigenvalue weighted by Gasteiger charge is 2.34. The van der Waals surface area contributed by atoms with Gasteiger partial charge in [-0.25, -0.2) is 4.79 Å². The zero-order chi connectivity index (χ0) is 23.2. The first-order chi connectivity index (χ1) is 16.0. The van der Waals surface area contributed by atoms with E-state index in [9.17, 15) is 14.4 Å². The molecular formula is C25H18INO5S. The van der Waals surface area contributed by atoms with Crippen LogP contribution >= 0.6 is 34.4 Å². The van der Waals surface area contributed by atoms with Crippen LogP contribution in [0.25, 0.3) is 6.08 Å². The van der Waals surface area contributed by atoms with Crippen molar-refractivity contribution in [1.29, 1.82) is 0 Å². The quantitative estimate of drug-likeness (QED) is 0.159. The summed E-state index contributed by atoms with van der Waals surface area (Å²) in [5, 5.41) is -0.328. The molecule has 1 aliphatic rings. The predicted octanol–water partition coefficient (Wildman–Crippen LogP) is 5.63. The minimum Gasteiger partial charge on any atom is -0.492 e. The number of thioether (sulfide) groups is 1. The van der Waals surface area contributed by atoms with Crippen molar-refractivity contribution in [1.82, 2.24) is 4.90 Å². The number of carbonyl (C=O) groups excluding carboxylic acids is 3. The molecule has 0 saturated carbocycles. The van der Waals surface area contributed by atoms with Gasteiger partial charge in [0.1, 0.15) is 18.1 Å². The van der Waals surface area contributed by atoms with Gasteiger partial charge in [-0.1, -0.05) is 42.5 Å². The van der Waals surface area contributed by atoms with E-state index in [1.165, 1.54) is 4.90 Å². The average molecular weight is 571 g/mol. The number of benzene rings is 3. The minimum absolute atomic E-state index is 0.171. The summed E-state index contributed by atoms with van der Waals surface area (Å²) < 4.78 is 11.8. The fraction of sp³-hybridized carbons (Fsp3) is 0.0800. The molecule has 2 amide bonds. The number of hydrogen-bond donors (Lipinski definition) is 0. The van der Waals surface area contributed by atoms with Gasteiger partial charge in [-0.05, 0) is 82.4 Å². The molecule has 0 N–H and O–H groups in total. The van der Waals surface area contributed by atoms with Crippen molar-refractivity contribution in [2.75, 3.05) is 13.2 Å². The van der Waals surface area contributed by atoms with Crippen molar-refractivity contribution in [2.45, 2.75) is 0 Å². The largest absolute Gasteiger partial charge is 0.492 e. The number of carbonyl (C=O) groups is 3. The van der Waals surface area contributed by atoms with E-state index in [2.05, 4.69) is 22.6 Å². The maximum atomic E-state index is 12.7. The molecule has 4 rings (SSSR count). The Morgan fingerprint density at radius 3 is 2.33 bits per heavy atom. The van der Waals surface area contributed by atoms with Gasteiger partial charge >= 0.3 is 5.97 Å². The summed E-state index contributed by atoms with van der Waals surface area (Å²) in [6, 6.07) is 23.2. The number of ether oxygens (including phenoxy) is 2. The molecular weight excluding hydrogens is 553 g/mol. The molecule has 33 heavy (non-hydrogen) atoms. The lowest BCUT2D eigenvalue weighted by atomic mass is 10.2. The Labute approximate surface area is 208 Å². The third kappa shape index (κ3) is 5.82. The number of imide groups is 1. The van der Waals surface area contributed by atoms with Crippen molar-refractivity contribution in [3.05, 3.63) is 98.5 Å². The summed E-state index contributed by atoms with van der Waals surface area (Å²) in [4.78, 5) is 38.8. The molecule has 0 atom stereocenters. The third-order valence-electron chi connectivity index (χ3n) is 4.68. The van der Waals surface area contributed by atoms with Crippen LogP contribution in [0.5, 0.6) is 11.5 Å². The maximum absolute atomic E-state index is 12.7.